The SMILES string of the molecule is CC1CC(CO)OC1n1ccc(=O)[nH]c1=O.CN.NO. The number of nitrogens with zero attached hydrogens (tertiary/aromatic N) is 1. The zero-order valence-corrected chi connectivity index (χ0v) is 11.5. The third-order valence-corrected chi connectivity index (χ3v) is 2.78. The number of nitrogens with one attached hydrogen (secondary N) is 1. The van der Waals surface area contributed by atoms with Crippen LogP contribution < -0.4 is 22.9 Å². The molecule has 116 valence electrons. The van der Waals surface area contributed by atoms with E-state index in [2.05, 4.69) is 16.6 Å². The van der Waals surface area contributed by atoms with Gasteiger partial charge in [-0.15, -0.1) is 0 Å². The van der Waals surface area contributed by atoms with E-state index in [0.29, 0.717) is 6.42 Å². The minimum Gasteiger partial charge on any atom is -0.394 e. The quantitative estimate of drug-likeness (QED) is 0.409. The van der Waals surface area contributed by atoms with E-state index in [9.17, 15) is 9.59 Å². The van der Waals surface area contributed by atoms with Crippen LogP contribution in [-0.4, -0.2) is 39.6 Å². The zero-order valence-electron chi connectivity index (χ0n) is 11.5. The lowest BCUT2D eigenvalue weighted by Gasteiger charge is -2.17. The lowest BCUT2D eigenvalue weighted by atomic mass is 10.1. The van der Waals surface area contributed by atoms with Crippen LogP contribution in [0.25, 0.3) is 0 Å². The lowest BCUT2D eigenvalue weighted by molar-refractivity contribution is -0.0336. The normalized spacial score (nSPS) is 24.2. The molecule has 1 saturated heterocycles. The average Bonchev–Trinajstić information content (AvgIpc) is 2.84. The minimum atomic E-state index is -0.483. The molecular weight excluding hydrogens is 268 g/mol. The van der Waals surface area contributed by atoms with Crippen molar-refractivity contribution in [3.8, 4) is 0 Å². The van der Waals surface area contributed by atoms with Gasteiger partial charge in [-0.25, -0.2) is 10.7 Å². The van der Waals surface area contributed by atoms with Gasteiger partial charge in [-0.05, 0) is 13.5 Å². The summed E-state index contributed by atoms with van der Waals surface area (Å²) >= 11 is 0. The Bertz CT molecular complexity index is 486. The zero-order chi connectivity index (χ0) is 15.7. The highest BCUT2D eigenvalue weighted by molar-refractivity contribution is 4.87. The second-order valence-corrected chi connectivity index (χ2v) is 4.06. The van der Waals surface area contributed by atoms with E-state index in [1.54, 1.807) is 0 Å². The molecule has 0 saturated carbocycles. The molecule has 0 amide bonds. The number of aromatic nitrogens is 2. The van der Waals surface area contributed by atoms with Crippen molar-refractivity contribution in [2.24, 2.45) is 17.5 Å². The van der Waals surface area contributed by atoms with Crippen LogP contribution in [0, 0.1) is 5.92 Å². The van der Waals surface area contributed by atoms with Crippen molar-refractivity contribution in [1.29, 1.82) is 0 Å². The van der Waals surface area contributed by atoms with Gasteiger partial charge >= 0.3 is 5.69 Å². The van der Waals surface area contributed by atoms with Gasteiger partial charge in [0.15, 0.2) is 0 Å². The number of hydrogen-bond donors (Lipinski definition) is 5. The molecule has 3 unspecified atom stereocenters. The number of rotatable bonds is 2. The number of H-pyrrole nitrogens is 1. The second-order valence-electron chi connectivity index (χ2n) is 4.06. The third kappa shape index (κ3) is 4.54. The van der Waals surface area contributed by atoms with Gasteiger partial charge in [0.25, 0.3) is 5.56 Å². The highest BCUT2D eigenvalue weighted by Gasteiger charge is 2.33. The fraction of sp³-hybridized carbons (Fsp3) is 0.636. The fourth-order valence-corrected chi connectivity index (χ4v) is 2.00. The van der Waals surface area contributed by atoms with Crippen LogP contribution in [0.4, 0.5) is 0 Å². The molecule has 9 heteroatoms. The van der Waals surface area contributed by atoms with Crippen LogP contribution in [0.1, 0.15) is 19.6 Å². The summed E-state index contributed by atoms with van der Waals surface area (Å²) in [6, 6.07) is 1.28. The molecule has 1 aliphatic heterocycles. The van der Waals surface area contributed by atoms with E-state index in [1.165, 1.54) is 23.9 Å². The standard InChI is InChI=1S/C10H14N2O4.CH5N.H3NO/c1-6-4-7(5-13)16-9(6)12-3-2-8(14)11-10(12)15;2*1-2/h2-3,6-7,9,13H,4-5H2,1H3,(H,11,14,15);2H2,1H3;2H,1H2. The molecule has 0 spiro atoms. The number of ether oxygens (including phenoxy) is 1. The summed E-state index contributed by atoms with van der Waals surface area (Å²) in [6.45, 7) is 1.89. The van der Waals surface area contributed by atoms with Gasteiger partial charge in [0.2, 0.25) is 0 Å². The van der Waals surface area contributed by atoms with Gasteiger partial charge in [-0.2, -0.15) is 0 Å². The first-order valence-electron chi connectivity index (χ1n) is 6.03. The minimum absolute atomic E-state index is 0.0566. The van der Waals surface area contributed by atoms with E-state index in [4.69, 9.17) is 15.1 Å². The topological polar surface area (TPSA) is 157 Å². The molecule has 20 heavy (non-hydrogen) atoms. The van der Waals surface area contributed by atoms with Crippen LogP contribution in [0.5, 0.6) is 0 Å². The Hall–Kier alpha value is -1.52. The van der Waals surface area contributed by atoms with Gasteiger partial charge in [0.05, 0.1) is 12.7 Å². The first-order chi connectivity index (χ1) is 9.61. The maximum absolute atomic E-state index is 11.5. The Kier molecular flexibility index (Phi) is 8.68. The van der Waals surface area contributed by atoms with Crippen molar-refractivity contribution in [2.75, 3.05) is 13.7 Å². The predicted molar refractivity (Wildman–Crippen MR) is 72.2 cm³/mol. The van der Waals surface area contributed by atoms with Gasteiger partial charge in [0, 0.05) is 18.2 Å². The van der Waals surface area contributed by atoms with E-state index < -0.39 is 17.5 Å². The number of nitrogens with two attached hydrogens (primary N) is 2. The molecule has 0 aliphatic carbocycles. The van der Waals surface area contributed by atoms with E-state index in [-0.39, 0.29) is 18.6 Å². The Labute approximate surface area is 115 Å². The smallest absolute Gasteiger partial charge is 0.330 e. The van der Waals surface area contributed by atoms with Crippen LogP contribution in [-0.2, 0) is 4.74 Å². The Morgan fingerprint density at radius 2 is 2.05 bits per heavy atom. The van der Waals surface area contributed by atoms with Crippen molar-refractivity contribution in [3.63, 3.8) is 0 Å². The van der Waals surface area contributed by atoms with Gasteiger partial charge < -0.3 is 20.8 Å². The van der Waals surface area contributed by atoms with Crippen molar-refractivity contribution < 1.29 is 15.1 Å². The Balaban J connectivity index is 0.000000829. The molecule has 2 rings (SSSR count). The summed E-state index contributed by atoms with van der Waals surface area (Å²) in [5.74, 6) is 3.63. The maximum atomic E-state index is 11.5. The van der Waals surface area contributed by atoms with Crippen molar-refractivity contribution >= 4 is 0 Å². The van der Waals surface area contributed by atoms with Crippen LogP contribution in [0.15, 0.2) is 21.9 Å². The van der Waals surface area contributed by atoms with Gasteiger partial charge in [-0.1, -0.05) is 6.92 Å². The van der Waals surface area contributed by atoms with E-state index >= 15 is 0 Å². The van der Waals surface area contributed by atoms with Gasteiger partial charge in [-0.3, -0.25) is 14.3 Å². The molecule has 0 radical (unpaired) electrons. The predicted octanol–water partition coefficient (Wildman–Crippen LogP) is -1.64. The summed E-state index contributed by atoms with van der Waals surface area (Å²) in [5.41, 5.74) is 3.59. The van der Waals surface area contributed by atoms with Gasteiger partial charge in [0.1, 0.15) is 6.23 Å². The molecule has 2 heterocycles. The highest BCUT2D eigenvalue weighted by Crippen LogP contribution is 2.32. The monoisotopic (exact) mass is 290 g/mol. The molecule has 1 fully saturated rings. The molecule has 9 nitrogen and oxygen atoms in total. The Morgan fingerprint density at radius 3 is 2.50 bits per heavy atom. The highest BCUT2D eigenvalue weighted by atomic mass is 16.5. The molecular formula is C11H22N4O5. The molecule has 1 aromatic heterocycles. The summed E-state index contributed by atoms with van der Waals surface area (Å²) in [4.78, 5) is 24.6. The van der Waals surface area contributed by atoms with Crippen LogP contribution in [0.2, 0.25) is 0 Å². The Morgan fingerprint density at radius 1 is 1.45 bits per heavy atom. The number of hydrogen-bond acceptors (Lipinski definition) is 7. The summed E-state index contributed by atoms with van der Waals surface area (Å²) in [6.07, 6.45) is 1.47. The fourth-order valence-electron chi connectivity index (χ4n) is 2.00. The molecule has 1 aromatic rings. The molecule has 1 aliphatic rings. The third-order valence-electron chi connectivity index (χ3n) is 2.78. The van der Waals surface area contributed by atoms with Crippen molar-refractivity contribution in [2.45, 2.75) is 25.7 Å². The summed E-state index contributed by atoms with van der Waals surface area (Å²) in [7, 11) is 1.50. The van der Waals surface area contributed by atoms with Crippen LogP contribution in [0.3, 0.4) is 0 Å². The second kappa shape index (κ2) is 9.39. The molecule has 7 N–H and O–H groups in total. The largest absolute Gasteiger partial charge is 0.394 e. The van der Waals surface area contributed by atoms with E-state index in [1.807, 2.05) is 6.92 Å². The van der Waals surface area contributed by atoms with E-state index in [0.717, 1.165) is 0 Å². The molecule has 0 aromatic carbocycles. The average molecular weight is 290 g/mol. The van der Waals surface area contributed by atoms with Crippen molar-refractivity contribution in [1.82, 2.24) is 9.55 Å². The number of aliphatic hydroxyl groups excluding tert-OH is 1. The van der Waals surface area contributed by atoms with Crippen LogP contribution >= 0.6 is 0 Å². The number of aliphatic hydroxyl groups is 1. The number of aromatic amines is 1. The molecule has 0 bridgehead atoms. The first kappa shape index (κ1) is 18.5. The lowest BCUT2D eigenvalue weighted by Crippen LogP contribution is -2.33. The van der Waals surface area contributed by atoms with Crippen molar-refractivity contribution in [3.05, 3.63) is 33.1 Å². The molecule has 3 atom stereocenters. The summed E-state index contributed by atoms with van der Waals surface area (Å²) in [5, 5.41) is 15.5. The maximum Gasteiger partial charge on any atom is 0.330 e. The first-order valence-corrected chi connectivity index (χ1v) is 6.03. The summed E-state index contributed by atoms with van der Waals surface area (Å²) < 4.78 is 6.87.